The third kappa shape index (κ3) is 4.04. The topological polar surface area (TPSA) is 29.5 Å². The number of hydrogen-bond donors (Lipinski definition) is 0. The third-order valence-corrected chi connectivity index (χ3v) is 4.99. The maximum Gasteiger partial charge on any atom is 0.415 e. The second-order valence-electron chi connectivity index (χ2n) is 7.36. The molecular weight excluding hydrogens is 421 g/mol. The summed E-state index contributed by atoms with van der Waals surface area (Å²) >= 11 is 9.70. The largest absolute Gasteiger partial charge is 0.443 e. The van der Waals surface area contributed by atoms with Crippen LogP contribution < -0.4 is 4.90 Å². The molecule has 6 heteroatoms. The normalized spacial score (nSPS) is 17.0. The summed E-state index contributed by atoms with van der Waals surface area (Å²) in [6.45, 7) is 5.47. The van der Waals surface area contributed by atoms with E-state index in [0.717, 1.165) is 23.2 Å². The second-order valence-corrected chi connectivity index (χ2v) is 8.65. The number of hydrogen-bond acceptors (Lipinski definition) is 2. The van der Waals surface area contributed by atoms with Gasteiger partial charge in [0.05, 0.1) is 11.7 Å². The molecule has 1 atom stereocenters. The van der Waals surface area contributed by atoms with Crippen molar-refractivity contribution in [2.24, 2.45) is 0 Å². The van der Waals surface area contributed by atoms with Crippen molar-refractivity contribution in [2.75, 3.05) is 4.90 Å². The molecule has 1 aliphatic rings. The predicted molar refractivity (Wildman–Crippen MR) is 105 cm³/mol. The molecule has 0 bridgehead atoms. The van der Waals surface area contributed by atoms with Gasteiger partial charge in [-0.1, -0.05) is 23.7 Å². The van der Waals surface area contributed by atoms with E-state index < -0.39 is 11.7 Å². The number of amides is 1. The summed E-state index contributed by atoms with van der Waals surface area (Å²) < 4.78 is 20.1. The van der Waals surface area contributed by atoms with E-state index in [1.165, 1.54) is 12.1 Å². The van der Waals surface area contributed by atoms with Gasteiger partial charge in [0.25, 0.3) is 0 Å². The van der Waals surface area contributed by atoms with E-state index in [2.05, 4.69) is 15.9 Å². The van der Waals surface area contributed by atoms with E-state index in [9.17, 15) is 9.18 Å². The van der Waals surface area contributed by atoms with E-state index in [-0.39, 0.29) is 11.9 Å². The van der Waals surface area contributed by atoms with Gasteiger partial charge in [-0.25, -0.2) is 9.18 Å². The number of ether oxygens (including phenoxy) is 1. The van der Waals surface area contributed by atoms with Crippen LogP contribution in [0.2, 0.25) is 5.02 Å². The second kappa shape index (κ2) is 7.20. The molecule has 0 aromatic heterocycles. The maximum atomic E-state index is 13.8. The Morgan fingerprint density at radius 1 is 1.31 bits per heavy atom. The number of rotatable bonds is 1. The minimum Gasteiger partial charge on any atom is -0.443 e. The van der Waals surface area contributed by atoms with Crippen molar-refractivity contribution in [3.8, 4) is 0 Å². The van der Waals surface area contributed by atoms with Gasteiger partial charge in [0.1, 0.15) is 11.4 Å². The van der Waals surface area contributed by atoms with Crippen molar-refractivity contribution in [3.63, 3.8) is 0 Å². The highest BCUT2D eigenvalue weighted by atomic mass is 79.9. The number of aryl methyl sites for hydroxylation is 1. The monoisotopic (exact) mass is 439 g/mol. The minimum atomic E-state index is -0.639. The van der Waals surface area contributed by atoms with Crippen LogP contribution in [0.5, 0.6) is 0 Å². The molecular formula is C20H20BrClFNO2. The molecule has 0 saturated heterocycles. The lowest BCUT2D eigenvalue weighted by Crippen LogP contribution is -2.42. The van der Waals surface area contributed by atoms with Crippen LogP contribution in [0.15, 0.2) is 40.9 Å². The Hall–Kier alpha value is -1.59. The first-order valence-corrected chi connectivity index (χ1v) is 9.58. The Labute approximate surface area is 166 Å². The first-order valence-electron chi connectivity index (χ1n) is 8.41. The maximum absolute atomic E-state index is 13.8. The minimum absolute atomic E-state index is 0.314. The molecule has 1 amide bonds. The van der Waals surface area contributed by atoms with E-state index in [1.807, 2.05) is 32.9 Å². The number of anilines is 1. The quantitative estimate of drug-likeness (QED) is 0.495. The van der Waals surface area contributed by atoms with Gasteiger partial charge in [0, 0.05) is 9.50 Å². The molecule has 0 spiro atoms. The molecule has 0 radical (unpaired) electrons. The summed E-state index contributed by atoms with van der Waals surface area (Å²) in [6.07, 6.45) is 0.924. The lowest BCUT2D eigenvalue weighted by atomic mass is 9.91. The molecule has 3 rings (SSSR count). The third-order valence-electron chi connectivity index (χ3n) is 4.17. The average Bonchev–Trinajstić information content (AvgIpc) is 2.52. The van der Waals surface area contributed by atoms with E-state index in [1.54, 1.807) is 17.0 Å². The summed E-state index contributed by atoms with van der Waals surface area (Å²) in [5.74, 6) is -0.326. The van der Waals surface area contributed by atoms with Crippen molar-refractivity contribution in [1.29, 1.82) is 0 Å². The van der Waals surface area contributed by atoms with Crippen LogP contribution in [0.1, 0.15) is 44.4 Å². The molecule has 0 aliphatic carbocycles. The molecule has 1 unspecified atom stereocenters. The van der Waals surface area contributed by atoms with Gasteiger partial charge in [0.2, 0.25) is 0 Å². The van der Waals surface area contributed by atoms with Gasteiger partial charge in [-0.05, 0) is 84.9 Å². The van der Waals surface area contributed by atoms with E-state index >= 15 is 0 Å². The van der Waals surface area contributed by atoms with Crippen molar-refractivity contribution >= 4 is 39.3 Å². The molecule has 26 heavy (non-hydrogen) atoms. The molecule has 0 N–H and O–H groups in total. The predicted octanol–water partition coefficient (Wildman–Crippen LogP) is 6.67. The van der Waals surface area contributed by atoms with E-state index in [0.29, 0.717) is 15.9 Å². The fourth-order valence-corrected chi connectivity index (χ4v) is 4.28. The summed E-state index contributed by atoms with van der Waals surface area (Å²) in [7, 11) is 0. The smallest absolute Gasteiger partial charge is 0.415 e. The Bertz CT molecular complexity index is 850. The lowest BCUT2D eigenvalue weighted by molar-refractivity contribution is 0.0559. The van der Waals surface area contributed by atoms with Crippen molar-refractivity contribution in [1.82, 2.24) is 0 Å². The molecule has 1 heterocycles. The molecule has 1 aliphatic heterocycles. The summed E-state index contributed by atoms with van der Waals surface area (Å²) in [5, 5.41) is 0.601. The van der Waals surface area contributed by atoms with Crippen LogP contribution in [0.25, 0.3) is 0 Å². The van der Waals surface area contributed by atoms with Crippen LogP contribution >= 0.6 is 27.5 Å². The summed E-state index contributed by atoms with van der Waals surface area (Å²) in [6, 6.07) is 9.66. The van der Waals surface area contributed by atoms with Crippen LogP contribution in [0.4, 0.5) is 14.9 Å². The standard InChI is InChI=1S/C20H20BrClFNO2/c1-20(2,3)26-19(25)24-17(12-5-4-6-15(23)10-12)8-7-13-9-14(22)11-16(21)18(13)24/h4-6,9-11,17H,7-8H2,1-3H3. The highest BCUT2D eigenvalue weighted by Gasteiger charge is 2.36. The van der Waals surface area contributed by atoms with Crippen LogP contribution in [0.3, 0.4) is 0 Å². The highest BCUT2D eigenvalue weighted by molar-refractivity contribution is 9.10. The highest BCUT2D eigenvalue weighted by Crippen LogP contribution is 2.44. The van der Waals surface area contributed by atoms with Crippen molar-refractivity contribution < 1.29 is 13.9 Å². The zero-order valence-electron chi connectivity index (χ0n) is 14.9. The first-order chi connectivity index (χ1) is 12.2. The van der Waals surface area contributed by atoms with Crippen molar-refractivity contribution in [3.05, 3.63) is 62.8 Å². The number of benzene rings is 2. The summed E-state index contributed by atoms with van der Waals surface area (Å²) in [5.41, 5.74) is 1.79. The molecule has 0 saturated carbocycles. The van der Waals surface area contributed by atoms with Gasteiger partial charge in [-0.3, -0.25) is 4.90 Å². The molecule has 2 aromatic rings. The van der Waals surface area contributed by atoms with Crippen LogP contribution in [0, 0.1) is 5.82 Å². The number of carbonyl (C=O) groups is 1. The van der Waals surface area contributed by atoms with Gasteiger partial charge in [-0.15, -0.1) is 0 Å². The van der Waals surface area contributed by atoms with E-state index in [4.69, 9.17) is 16.3 Å². The Kier molecular flexibility index (Phi) is 5.31. The van der Waals surface area contributed by atoms with Crippen LogP contribution in [-0.4, -0.2) is 11.7 Å². The van der Waals surface area contributed by atoms with Gasteiger partial charge < -0.3 is 4.74 Å². The number of carbonyl (C=O) groups excluding carboxylic acids is 1. The average molecular weight is 441 g/mol. The Morgan fingerprint density at radius 2 is 2.04 bits per heavy atom. The molecule has 0 fully saturated rings. The van der Waals surface area contributed by atoms with Gasteiger partial charge in [-0.2, -0.15) is 0 Å². The fraction of sp³-hybridized carbons (Fsp3) is 0.350. The Balaban J connectivity index is 2.11. The molecule has 3 nitrogen and oxygen atoms in total. The van der Waals surface area contributed by atoms with Crippen LogP contribution in [-0.2, 0) is 11.2 Å². The zero-order valence-corrected chi connectivity index (χ0v) is 17.2. The molecule has 138 valence electrons. The Morgan fingerprint density at radius 3 is 2.69 bits per heavy atom. The fourth-order valence-electron chi connectivity index (χ4n) is 3.22. The van der Waals surface area contributed by atoms with Gasteiger partial charge >= 0.3 is 6.09 Å². The lowest BCUT2D eigenvalue weighted by Gasteiger charge is -2.39. The molecule has 2 aromatic carbocycles. The first kappa shape index (κ1) is 19.2. The SMILES string of the molecule is CC(C)(C)OC(=O)N1c2c(Br)cc(Cl)cc2CCC1c1cccc(F)c1. The number of nitrogens with zero attached hydrogens (tertiary/aromatic N) is 1. The zero-order chi connectivity index (χ0) is 19.1. The summed E-state index contributed by atoms with van der Waals surface area (Å²) in [4.78, 5) is 14.6. The van der Waals surface area contributed by atoms with Crippen molar-refractivity contribution in [2.45, 2.75) is 45.3 Å². The number of halogens is 3. The van der Waals surface area contributed by atoms with Gasteiger partial charge in [0.15, 0.2) is 0 Å². The number of fused-ring (bicyclic) bond motifs is 1.